The van der Waals surface area contributed by atoms with Crippen LogP contribution in [0.25, 0.3) is 21.9 Å². The zero-order valence-electron chi connectivity index (χ0n) is 18.5. The number of carbonyl (C=O) groups is 3. The Morgan fingerprint density at radius 1 is 0.912 bits per heavy atom. The van der Waals surface area contributed by atoms with Crippen molar-refractivity contribution in [2.24, 2.45) is 0 Å². The number of fused-ring (bicyclic) bond motifs is 1. The zero-order chi connectivity index (χ0) is 23.7. The van der Waals surface area contributed by atoms with E-state index in [-0.39, 0.29) is 0 Å². The lowest BCUT2D eigenvalue weighted by molar-refractivity contribution is -0.133. The van der Waals surface area contributed by atoms with Gasteiger partial charge < -0.3 is 10.6 Å². The Morgan fingerprint density at radius 3 is 2.38 bits per heavy atom. The summed E-state index contributed by atoms with van der Waals surface area (Å²) in [6.07, 6.45) is 1.66. The molecule has 4 aromatic rings. The van der Waals surface area contributed by atoms with Crippen LogP contribution < -0.4 is 10.6 Å². The molecular formula is C27H22N4O3. The van der Waals surface area contributed by atoms with Crippen LogP contribution in [0.2, 0.25) is 0 Å². The Balaban J connectivity index is 1.29. The van der Waals surface area contributed by atoms with Crippen molar-refractivity contribution in [1.82, 2.24) is 15.2 Å². The third-order valence-corrected chi connectivity index (χ3v) is 6.04. The second kappa shape index (κ2) is 8.44. The summed E-state index contributed by atoms with van der Waals surface area (Å²) < 4.78 is 0. The number of pyridine rings is 1. The molecule has 1 aromatic heterocycles. The Hall–Kier alpha value is -4.52. The van der Waals surface area contributed by atoms with Gasteiger partial charge in [-0.1, -0.05) is 66.7 Å². The van der Waals surface area contributed by atoms with E-state index in [1.54, 1.807) is 19.2 Å². The van der Waals surface area contributed by atoms with Gasteiger partial charge >= 0.3 is 6.03 Å². The third-order valence-electron chi connectivity index (χ3n) is 6.04. The van der Waals surface area contributed by atoms with E-state index in [0.29, 0.717) is 11.4 Å². The van der Waals surface area contributed by atoms with Crippen LogP contribution in [0.5, 0.6) is 0 Å². The molecular weight excluding hydrogens is 428 g/mol. The number of hydrogen-bond acceptors (Lipinski definition) is 4. The standard InChI is InChI=1S/C27H22N4O3/c1-27(22-13-11-19-9-5-6-10-20(19)15-22)25(33)31(26(34)30-27)17-24(32)29-23-14-12-21(16-28-23)18-7-3-2-4-8-18/h2-16H,17H2,1H3,(H,30,34)(H,28,29,32). The number of nitrogens with zero attached hydrogens (tertiary/aromatic N) is 2. The molecule has 1 fully saturated rings. The summed E-state index contributed by atoms with van der Waals surface area (Å²) in [7, 11) is 0. The lowest BCUT2D eigenvalue weighted by Gasteiger charge is -2.22. The fourth-order valence-electron chi connectivity index (χ4n) is 4.13. The minimum absolute atomic E-state index is 0.342. The number of nitrogens with one attached hydrogen (secondary N) is 2. The van der Waals surface area contributed by atoms with Crippen molar-refractivity contribution in [3.63, 3.8) is 0 Å². The highest BCUT2D eigenvalue weighted by Crippen LogP contribution is 2.31. The first kappa shape index (κ1) is 21.3. The first-order valence-electron chi connectivity index (χ1n) is 10.9. The Morgan fingerprint density at radius 2 is 1.65 bits per heavy atom. The molecule has 2 heterocycles. The molecule has 7 heteroatoms. The molecule has 0 aliphatic carbocycles. The first-order valence-corrected chi connectivity index (χ1v) is 10.9. The van der Waals surface area contributed by atoms with Gasteiger partial charge in [-0.15, -0.1) is 0 Å². The number of anilines is 1. The van der Waals surface area contributed by atoms with Crippen molar-refractivity contribution in [3.8, 4) is 11.1 Å². The maximum Gasteiger partial charge on any atom is 0.325 e. The molecule has 1 aliphatic rings. The quantitative estimate of drug-likeness (QED) is 0.444. The van der Waals surface area contributed by atoms with Crippen molar-refractivity contribution in [1.29, 1.82) is 0 Å². The number of rotatable bonds is 5. The van der Waals surface area contributed by atoms with E-state index in [2.05, 4.69) is 15.6 Å². The fourth-order valence-corrected chi connectivity index (χ4v) is 4.13. The van der Waals surface area contributed by atoms with Crippen LogP contribution in [-0.4, -0.2) is 34.3 Å². The van der Waals surface area contributed by atoms with Crippen molar-refractivity contribution in [2.45, 2.75) is 12.5 Å². The van der Waals surface area contributed by atoms with E-state index in [9.17, 15) is 14.4 Å². The average Bonchev–Trinajstić information content (AvgIpc) is 3.08. The van der Waals surface area contributed by atoms with Crippen LogP contribution in [0.3, 0.4) is 0 Å². The summed E-state index contributed by atoms with van der Waals surface area (Å²) in [5.41, 5.74) is 1.33. The largest absolute Gasteiger partial charge is 0.325 e. The minimum atomic E-state index is -1.25. The van der Waals surface area contributed by atoms with Crippen molar-refractivity contribution in [2.75, 3.05) is 11.9 Å². The molecule has 4 amide bonds. The van der Waals surface area contributed by atoms with Crippen molar-refractivity contribution >= 4 is 34.4 Å². The number of amides is 4. The van der Waals surface area contributed by atoms with Crippen LogP contribution >= 0.6 is 0 Å². The van der Waals surface area contributed by atoms with Crippen molar-refractivity contribution in [3.05, 3.63) is 96.7 Å². The van der Waals surface area contributed by atoms with Gasteiger partial charge in [-0.05, 0) is 47.0 Å². The van der Waals surface area contributed by atoms with Gasteiger partial charge in [0, 0.05) is 11.8 Å². The van der Waals surface area contributed by atoms with Crippen LogP contribution in [0, 0.1) is 0 Å². The number of benzene rings is 3. The number of carbonyl (C=O) groups excluding carboxylic acids is 3. The molecule has 168 valence electrons. The van der Waals surface area contributed by atoms with Crippen LogP contribution in [0.4, 0.5) is 10.6 Å². The Kier molecular flexibility index (Phi) is 5.30. The summed E-state index contributed by atoms with van der Waals surface area (Å²) in [6, 6.07) is 26.1. The molecule has 0 radical (unpaired) electrons. The highest BCUT2D eigenvalue weighted by molar-refractivity contribution is 6.10. The van der Waals surface area contributed by atoms with E-state index in [1.165, 1.54) is 0 Å². The summed E-state index contributed by atoms with van der Waals surface area (Å²) in [6.45, 7) is 1.25. The maximum atomic E-state index is 13.2. The second-order valence-corrected chi connectivity index (χ2v) is 8.35. The second-order valence-electron chi connectivity index (χ2n) is 8.35. The van der Waals surface area contributed by atoms with Crippen LogP contribution in [0.15, 0.2) is 91.1 Å². The molecule has 0 spiro atoms. The Bertz CT molecular complexity index is 1400. The van der Waals surface area contributed by atoms with Gasteiger partial charge in [0.1, 0.15) is 17.9 Å². The molecule has 5 rings (SSSR count). The smallest absolute Gasteiger partial charge is 0.319 e. The van der Waals surface area contributed by atoms with Crippen molar-refractivity contribution < 1.29 is 14.4 Å². The van der Waals surface area contributed by atoms with E-state index < -0.39 is 29.9 Å². The zero-order valence-corrected chi connectivity index (χ0v) is 18.5. The molecule has 34 heavy (non-hydrogen) atoms. The van der Waals surface area contributed by atoms with E-state index in [4.69, 9.17) is 0 Å². The average molecular weight is 450 g/mol. The van der Waals surface area contributed by atoms with Crippen LogP contribution in [0.1, 0.15) is 12.5 Å². The molecule has 1 aliphatic heterocycles. The minimum Gasteiger partial charge on any atom is -0.319 e. The van der Waals surface area contributed by atoms with Gasteiger partial charge in [0.2, 0.25) is 5.91 Å². The molecule has 2 N–H and O–H groups in total. The number of imide groups is 1. The summed E-state index contributed by atoms with van der Waals surface area (Å²) in [5.74, 6) is -0.643. The van der Waals surface area contributed by atoms with E-state index in [1.807, 2.05) is 78.9 Å². The Labute approximate surface area is 196 Å². The number of urea groups is 1. The SMILES string of the molecule is CC1(c2ccc3ccccc3c2)NC(=O)N(CC(=O)Nc2ccc(-c3ccccc3)cn2)C1=O. The van der Waals surface area contributed by atoms with Gasteiger partial charge in [-0.2, -0.15) is 0 Å². The highest BCUT2D eigenvalue weighted by atomic mass is 16.2. The highest BCUT2D eigenvalue weighted by Gasteiger charge is 2.49. The molecule has 1 unspecified atom stereocenters. The molecule has 0 bridgehead atoms. The van der Waals surface area contributed by atoms with E-state index in [0.717, 1.165) is 26.8 Å². The monoisotopic (exact) mass is 450 g/mol. The number of aromatic nitrogens is 1. The molecule has 0 saturated carbocycles. The van der Waals surface area contributed by atoms with Gasteiger partial charge in [0.25, 0.3) is 5.91 Å². The third kappa shape index (κ3) is 3.88. The predicted molar refractivity (Wildman–Crippen MR) is 130 cm³/mol. The summed E-state index contributed by atoms with van der Waals surface area (Å²) in [4.78, 5) is 43.7. The first-order chi connectivity index (χ1) is 16.4. The predicted octanol–water partition coefficient (Wildman–Crippen LogP) is 4.31. The molecule has 1 atom stereocenters. The summed E-state index contributed by atoms with van der Waals surface area (Å²) in [5, 5.41) is 7.40. The lowest BCUT2D eigenvalue weighted by Crippen LogP contribution is -2.42. The van der Waals surface area contributed by atoms with Crippen LogP contribution in [-0.2, 0) is 15.1 Å². The van der Waals surface area contributed by atoms with Gasteiger partial charge in [-0.25, -0.2) is 9.78 Å². The van der Waals surface area contributed by atoms with Gasteiger partial charge in [0.05, 0.1) is 0 Å². The fraction of sp³-hybridized carbons (Fsp3) is 0.111. The normalized spacial score (nSPS) is 17.6. The van der Waals surface area contributed by atoms with Gasteiger partial charge in [0.15, 0.2) is 0 Å². The van der Waals surface area contributed by atoms with Gasteiger partial charge in [-0.3, -0.25) is 14.5 Å². The number of hydrogen-bond donors (Lipinski definition) is 2. The lowest BCUT2D eigenvalue weighted by atomic mass is 9.90. The molecule has 3 aromatic carbocycles. The molecule has 1 saturated heterocycles. The topological polar surface area (TPSA) is 91.4 Å². The van der Waals surface area contributed by atoms with E-state index >= 15 is 0 Å². The summed E-state index contributed by atoms with van der Waals surface area (Å²) >= 11 is 0. The maximum absolute atomic E-state index is 13.2. The molecule has 7 nitrogen and oxygen atoms in total.